The van der Waals surface area contributed by atoms with Gasteiger partial charge in [-0.15, -0.1) is 0 Å². The molecule has 0 aliphatic rings. The molecule has 1 rings (SSSR count). The Kier molecular flexibility index (Phi) is 6.19. The van der Waals surface area contributed by atoms with Gasteiger partial charge in [0.25, 0.3) is 5.91 Å². The molecular formula is C14H15BrN2O3. The number of carbonyl (C=O) groups excluding carboxylic acids is 2. The van der Waals surface area contributed by atoms with E-state index in [1.54, 1.807) is 44.2 Å². The Morgan fingerprint density at radius 2 is 1.95 bits per heavy atom. The minimum absolute atomic E-state index is 0.138. The van der Waals surface area contributed by atoms with Crippen molar-refractivity contribution in [3.05, 3.63) is 34.3 Å². The van der Waals surface area contributed by atoms with Crippen molar-refractivity contribution >= 4 is 27.8 Å². The van der Waals surface area contributed by atoms with Gasteiger partial charge in [0, 0.05) is 10.0 Å². The van der Waals surface area contributed by atoms with E-state index in [2.05, 4.69) is 21.2 Å². The maximum atomic E-state index is 12.0. The van der Waals surface area contributed by atoms with Crippen LogP contribution in [0.1, 0.15) is 24.2 Å². The van der Waals surface area contributed by atoms with Crippen molar-refractivity contribution in [3.63, 3.8) is 0 Å². The first-order valence-corrected chi connectivity index (χ1v) is 6.85. The highest BCUT2D eigenvalue weighted by Gasteiger charge is 2.26. The van der Waals surface area contributed by atoms with E-state index in [0.29, 0.717) is 5.56 Å². The SMILES string of the molecule is CC(C)[C@H](NC(=O)c1ccc(Br)cc1)C(=O)OCC#N. The number of nitrogens with one attached hydrogen (secondary N) is 1. The minimum atomic E-state index is -0.778. The molecule has 0 saturated heterocycles. The third-order valence-electron chi connectivity index (χ3n) is 2.59. The second-order valence-corrected chi connectivity index (χ2v) is 5.38. The molecule has 0 aliphatic heterocycles. The first-order chi connectivity index (χ1) is 9.45. The molecule has 20 heavy (non-hydrogen) atoms. The van der Waals surface area contributed by atoms with Gasteiger partial charge in [0.2, 0.25) is 0 Å². The molecule has 6 heteroatoms. The average molecular weight is 339 g/mol. The molecule has 1 atom stereocenters. The second-order valence-electron chi connectivity index (χ2n) is 4.47. The molecule has 0 unspecified atom stereocenters. The highest BCUT2D eigenvalue weighted by molar-refractivity contribution is 9.10. The first kappa shape index (κ1) is 16.2. The van der Waals surface area contributed by atoms with Crippen molar-refractivity contribution in [3.8, 4) is 6.07 Å². The highest BCUT2D eigenvalue weighted by Crippen LogP contribution is 2.11. The number of hydrogen-bond acceptors (Lipinski definition) is 4. The number of ether oxygens (including phenoxy) is 1. The number of nitrogens with zero attached hydrogens (tertiary/aromatic N) is 1. The zero-order chi connectivity index (χ0) is 15.1. The zero-order valence-electron chi connectivity index (χ0n) is 11.2. The van der Waals surface area contributed by atoms with Gasteiger partial charge in [-0.3, -0.25) is 4.79 Å². The largest absolute Gasteiger partial charge is 0.449 e. The van der Waals surface area contributed by atoms with Crippen molar-refractivity contribution in [2.75, 3.05) is 6.61 Å². The molecular weight excluding hydrogens is 324 g/mol. The normalized spacial score (nSPS) is 11.6. The lowest BCUT2D eigenvalue weighted by Crippen LogP contribution is -2.45. The number of hydrogen-bond donors (Lipinski definition) is 1. The highest BCUT2D eigenvalue weighted by atomic mass is 79.9. The molecule has 0 aromatic heterocycles. The van der Waals surface area contributed by atoms with E-state index in [1.807, 2.05) is 0 Å². The summed E-state index contributed by atoms with van der Waals surface area (Å²) in [6.45, 7) is 3.26. The fraction of sp³-hybridized carbons (Fsp3) is 0.357. The van der Waals surface area contributed by atoms with Gasteiger partial charge in [0.05, 0.1) is 0 Å². The predicted molar refractivity (Wildman–Crippen MR) is 76.8 cm³/mol. The molecule has 0 saturated carbocycles. The summed E-state index contributed by atoms with van der Waals surface area (Å²) in [5.74, 6) is -1.10. The number of nitriles is 1. The number of esters is 1. The van der Waals surface area contributed by atoms with E-state index in [9.17, 15) is 9.59 Å². The van der Waals surface area contributed by atoms with Crippen LogP contribution in [0.4, 0.5) is 0 Å². The lowest BCUT2D eigenvalue weighted by Gasteiger charge is -2.20. The molecule has 1 aromatic carbocycles. The van der Waals surface area contributed by atoms with Gasteiger partial charge < -0.3 is 10.1 Å². The van der Waals surface area contributed by atoms with Crippen LogP contribution in [0.25, 0.3) is 0 Å². The van der Waals surface area contributed by atoms with Crippen LogP contribution in [0, 0.1) is 17.2 Å². The standard InChI is InChI=1S/C14H15BrN2O3/c1-9(2)12(14(19)20-8-7-16)17-13(18)10-3-5-11(15)6-4-10/h3-6,9,12H,8H2,1-2H3,(H,17,18)/t12-/m0/s1. The van der Waals surface area contributed by atoms with Crippen LogP contribution in [-0.4, -0.2) is 24.5 Å². The third kappa shape index (κ3) is 4.67. The summed E-state index contributed by atoms with van der Waals surface area (Å²) in [5, 5.41) is 11.0. The molecule has 106 valence electrons. The van der Waals surface area contributed by atoms with Gasteiger partial charge in [0.1, 0.15) is 12.1 Å². The molecule has 0 aliphatic carbocycles. The van der Waals surface area contributed by atoms with Crippen LogP contribution < -0.4 is 5.32 Å². The summed E-state index contributed by atoms with van der Waals surface area (Å²) < 4.78 is 5.61. The Hall–Kier alpha value is -1.87. The van der Waals surface area contributed by atoms with E-state index < -0.39 is 12.0 Å². The lowest BCUT2D eigenvalue weighted by molar-refractivity contribution is -0.145. The molecule has 1 amide bonds. The van der Waals surface area contributed by atoms with Crippen molar-refractivity contribution in [1.29, 1.82) is 5.26 Å². The Morgan fingerprint density at radius 1 is 1.35 bits per heavy atom. The third-order valence-corrected chi connectivity index (χ3v) is 3.12. The fourth-order valence-corrected chi connectivity index (χ4v) is 1.78. The summed E-state index contributed by atoms with van der Waals surface area (Å²) in [4.78, 5) is 23.8. The van der Waals surface area contributed by atoms with Crippen LogP contribution in [0.15, 0.2) is 28.7 Å². The van der Waals surface area contributed by atoms with Crippen LogP contribution >= 0.6 is 15.9 Å². The smallest absolute Gasteiger partial charge is 0.329 e. The van der Waals surface area contributed by atoms with E-state index in [0.717, 1.165) is 4.47 Å². The number of rotatable bonds is 5. The quantitative estimate of drug-likeness (QED) is 0.835. The summed E-state index contributed by atoms with van der Waals surface area (Å²) >= 11 is 3.28. The molecule has 0 radical (unpaired) electrons. The van der Waals surface area contributed by atoms with Crippen molar-refractivity contribution in [1.82, 2.24) is 5.32 Å². The van der Waals surface area contributed by atoms with Gasteiger partial charge >= 0.3 is 5.97 Å². The van der Waals surface area contributed by atoms with Crippen LogP contribution in [0.3, 0.4) is 0 Å². The van der Waals surface area contributed by atoms with Gasteiger partial charge in [-0.1, -0.05) is 29.8 Å². The van der Waals surface area contributed by atoms with E-state index in [-0.39, 0.29) is 18.4 Å². The van der Waals surface area contributed by atoms with Crippen molar-refractivity contribution in [2.45, 2.75) is 19.9 Å². The summed E-state index contributed by atoms with van der Waals surface area (Å²) in [5.41, 5.74) is 0.451. The average Bonchev–Trinajstić information content (AvgIpc) is 2.42. The Bertz CT molecular complexity index is 520. The van der Waals surface area contributed by atoms with Gasteiger partial charge in [0.15, 0.2) is 6.61 Å². The Balaban J connectivity index is 2.75. The monoisotopic (exact) mass is 338 g/mol. The molecule has 0 spiro atoms. The first-order valence-electron chi connectivity index (χ1n) is 6.05. The topological polar surface area (TPSA) is 79.2 Å². The number of amides is 1. The van der Waals surface area contributed by atoms with Gasteiger partial charge in [-0.25, -0.2) is 4.79 Å². The summed E-state index contributed by atoms with van der Waals surface area (Å²) in [7, 11) is 0. The van der Waals surface area contributed by atoms with Crippen molar-refractivity contribution in [2.24, 2.45) is 5.92 Å². The van der Waals surface area contributed by atoms with Crippen LogP contribution in [-0.2, 0) is 9.53 Å². The van der Waals surface area contributed by atoms with E-state index in [1.165, 1.54) is 0 Å². The fourth-order valence-electron chi connectivity index (χ4n) is 1.52. The maximum Gasteiger partial charge on any atom is 0.329 e. The Morgan fingerprint density at radius 3 is 2.45 bits per heavy atom. The van der Waals surface area contributed by atoms with Crippen LogP contribution in [0.5, 0.6) is 0 Å². The molecule has 0 bridgehead atoms. The van der Waals surface area contributed by atoms with Crippen molar-refractivity contribution < 1.29 is 14.3 Å². The van der Waals surface area contributed by atoms with E-state index in [4.69, 9.17) is 10.00 Å². The lowest BCUT2D eigenvalue weighted by atomic mass is 10.0. The van der Waals surface area contributed by atoms with E-state index >= 15 is 0 Å². The number of benzene rings is 1. The van der Waals surface area contributed by atoms with Crippen LogP contribution in [0.2, 0.25) is 0 Å². The predicted octanol–water partition coefficient (Wildman–Crippen LogP) is 2.27. The Labute approximate surface area is 126 Å². The minimum Gasteiger partial charge on any atom is -0.449 e. The summed E-state index contributed by atoms with van der Waals surface area (Å²) in [6.07, 6.45) is 0. The maximum absolute atomic E-state index is 12.0. The zero-order valence-corrected chi connectivity index (χ0v) is 12.8. The molecule has 0 fully saturated rings. The molecule has 5 nitrogen and oxygen atoms in total. The number of halogens is 1. The molecule has 1 N–H and O–H groups in total. The summed E-state index contributed by atoms with van der Waals surface area (Å²) in [6, 6.07) is 7.73. The van der Waals surface area contributed by atoms with Gasteiger partial charge in [-0.2, -0.15) is 5.26 Å². The number of carbonyl (C=O) groups is 2. The molecule has 0 heterocycles. The second kappa shape index (κ2) is 7.65. The van der Waals surface area contributed by atoms with Gasteiger partial charge in [-0.05, 0) is 30.2 Å². The molecule has 1 aromatic rings.